The van der Waals surface area contributed by atoms with Gasteiger partial charge in [-0.1, -0.05) is 25.1 Å². The lowest BCUT2D eigenvalue weighted by Gasteiger charge is -2.35. The fourth-order valence-corrected chi connectivity index (χ4v) is 4.28. The molecule has 1 aliphatic rings. The maximum absolute atomic E-state index is 11.8. The minimum absolute atomic E-state index is 0.545. The highest BCUT2D eigenvalue weighted by Gasteiger charge is 2.41. The van der Waals surface area contributed by atoms with Gasteiger partial charge < -0.3 is 5.11 Å². The molecular formula is C17H20O2S. The van der Waals surface area contributed by atoms with Crippen molar-refractivity contribution in [3.63, 3.8) is 0 Å². The number of rotatable bonds is 3. The van der Waals surface area contributed by atoms with E-state index in [0.717, 1.165) is 25.7 Å². The predicted octanol–water partition coefficient (Wildman–Crippen LogP) is 4.72. The van der Waals surface area contributed by atoms with Gasteiger partial charge in [0.05, 0.1) is 5.41 Å². The number of benzene rings is 1. The molecule has 0 spiro atoms. The summed E-state index contributed by atoms with van der Waals surface area (Å²) in [7, 11) is 0. The van der Waals surface area contributed by atoms with Crippen LogP contribution in [0.1, 0.15) is 38.2 Å². The molecule has 3 heteroatoms. The van der Waals surface area contributed by atoms with Crippen LogP contribution in [0.2, 0.25) is 0 Å². The zero-order chi connectivity index (χ0) is 14.2. The number of carboxylic acid groups (broad SMARTS) is 1. The van der Waals surface area contributed by atoms with Gasteiger partial charge in [-0.2, -0.15) is 0 Å². The summed E-state index contributed by atoms with van der Waals surface area (Å²) in [5, 5.41) is 13.1. The third-order valence-corrected chi connectivity index (χ3v) is 5.79. The molecule has 1 aromatic heterocycles. The van der Waals surface area contributed by atoms with E-state index < -0.39 is 11.4 Å². The monoisotopic (exact) mass is 288 g/mol. The van der Waals surface area contributed by atoms with Gasteiger partial charge in [-0.3, -0.25) is 4.79 Å². The van der Waals surface area contributed by atoms with Crippen LogP contribution in [-0.4, -0.2) is 11.1 Å². The van der Waals surface area contributed by atoms with Crippen LogP contribution in [0.5, 0.6) is 0 Å². The molecule has 0 saturated heterocycles. The Kier molecular flexibility index (Phi) is 3.55. The molecule has 3 rings (SSSR count). The third kappa shape index (κ3) is 2.35. The second kappa shape index (κ2) is 5.21. The molecule has 1 aromatic carbocycles. The summed E-state index contributed by atoms with van der Waals surface area (Å²) in [6, 6.07) is 8.30. The zero-order valence-electron chi connectivity index (χ0n) is 11.8. The normalized spacial score (nSPS) is 26.8. The van der Waals surface area contributed by atoms with Crippen molar-refractivity contribution in [3.8, 4) is 0 Å². The Hall–Kier alpha value is -1.35. The predicted molar refractivity (Wildman–Crippen MR) is 83.2 cm³/mol. The number of fused-ring (bicyclic) bond motifs is 1. The molecule has 106 valence electrons. The van der Waals surface area contributed by atoms with E-state index in [0.29, 0.717) is 12.3 Å². The van der Waals surface area contributed by atoms with Crippen molar-refractivity contribution in [1.29, 1.82) is 0 Å². The molecule has 2 nitrogen and oxygen atoms in total. The van der Waals surface area contributed by atoms with E-state index in [1.54, 1.807) is 11.3 Å². The van der Waals surface area contributed by atoms with Crippen molar-refractivity contribution in [2.75, 3.05) is 0 Å². The first-order valence-corrected chi connectivity index (χ1v) is 8.17. The Labute approximate surface area is 123 Å². The zero-order valence-corrected chi connectivity index (χ0v) is 12.6. The minimum atomic E-state index is -0.611. The summed E-state index contributed by atoms with van der Waals surface area (Å²) in [6.45, 7) is 2.23. The lowest BCUT2D eigenvalue weighted by Crippen LogP contribution is -2.37. The maximum Gasteiger partial charge on any atom is 0.309 e. The summed E-state index contributed by atoms with van der Waals surface area (Å²) in [4.78, 5) is 11.8. The van der Waals surface area contributed by atoms with E-state index in [4.69, 9.17) is 0 Å². The number of carbonyl (C=O) groups is 1. The molecule has 20 heavy (non-hydrogen) atoms. The summed E-state index contributed by atoms with van der Waals surface area (Å²) in [5.41, 5.74) is 0.665. The number of thiophene rings is 1. The smallest absolute Gasteiger partial charge is 0.309 e. The summed E-state index contributed by atoms with van der Waals surface area (Å²) >= 11 is 1.72. The van der Waals surface area contributed by atoms with Crippen molar-refractivity contribution < 1.29 is 9.90 Å². The Balaban J connectivity index is 1.92. The quantitative estimate of drug-likeness (QED) is 0.887. The van der Waals surface area contributed by atoms with Crippen LogP contribution in [0.3, 0.4) is 0 Å². The molecule has 1 N–H and O–H groups in total. The Bertz CT molecular complexity index is 621. The van der Waals surface area contributed by atoms with Crippen LogP contribution in [0.4, 0.5) is 0 Å². The van der Waals surface area contributed by atoms with E-state index in [-0.39, 0.29) is 0 Å². The summed E-state index contributed by atoms with van der Waals surface area (Å²) in [6.07, 6.45) is 4.38. The topological polar surface area (TPSA) is 37.3 Å². The Morgan fingerprint density at radius 3 is 2.75 bits per heavy atom. The van der Waals surface area contributed by atoms with Crippen LogP contribution in [-0.2, 0) is 11.2 Å². The molecule has 1 saturated carbocycles. The van der Waals surface area contributed by atoms with E-state index in [2.05, 4.69) is 24.4 Å². The molecule has 1 aliphatic carbocycles. The van der Waals surface area contributed by atoms with Crippen LogP contribution in [0.25, 0.3) is 10.1 Å². The molecule has 0 aliphatic heterocycles. The molecule has 0 bridgehead atoms. The highest BCUT2D eigenvalue weighted by atomic mass is 32.1. The van der Waals surface area contributed by atoms with Crippen LogP contribution in [0.15, 0.2) is 29.6 Å². The fraction of sp³-hybridized carbons (Fsp3) is 0.471. The average Bonchev–Trinajstić information content (AvgIpc) is 2.85. The number of aliphatic carboxylic acids is 1. The Morgan fingerprint density at radius 1 is 1.35 bits per heavy atom. The third-order valence-electron chi connectivity index (χ3n) is 4.78. The number of carboxylic acids is 1. The highest BCUT2D eigenvalue weighted by molar-refractivity contribution is 7.17. The lowest BCUT2D eigenvalue weighted by atomic mass is 9.68. The van der Waals surface area contributed by atoms with E-state index in [9.17, 15) is 9.90 Å². The molecule has 2 aromatic rings. The van der Waals surface area contributed by atoms with Crippen LogP contribution in [0, 0.1) is 11.3 Å². The van der Waals surface area contributed by atoms with Gasteiger partial charge in [0, 0.05) is 4.70 Å². The average molecular weight is 288 g/mol. The molecule has 1 heterocycles. The van der Waals surface area contributed by atoms with Crippen molar-refractivity contribution in [3.05, 3.63) is 35.2 Å². The Morgan fingerprint density at radius 2 is 2.05 bits per heavy atom. The second-order valence-electron chi connectivity index (χ2n) is 6.20. The van der Waals surface area contributed by atoms with Crippen molar-refractivity contribution >= 4 is 27.4 Å². The van der Waals surface area contributed by atoms with Crippen molar-refractivity contribution in [2.45, 2.75) is 39.0 Å². The van der Waals surface area contributed by atoms with E-state index in [1.165, 1.54) is 15.6 Å². The summed E-state index contributed by atoms with van der Waals surface area (Å²) in [5.74, 6) is 0.0568. The van der Waals surface area contributed by atoms with Gasteiger partial charge >= 0.3 is 5.97 Å². The molecule has 1 fully saturated rings. The molecule has 0 atom stereocenters. The van der Waals surface area contributed by atoms with E-state index in [1.807, 2.05) is 12.1 Å². The number of hydrogen-bond donors (Lipinski definition) is 1. The van der Waals surface area contributed by atoms with Gasteiger partial charge in [0.2, 0.25) is 0 Å². The van der Waals surface area contributed by atoms with Gasteiger partial charge in [0.15, 0.2) is 0 Å². The maximum atomic E-state index is 11.8. The molecule has 0 unspecified atom stereocenters. The van der Waals surface area contributed by atoms with Crippen molar-refractivity contribution in [2.24, 2.45) is 11.3 Å². The molecular weight excluding hydrogens is 268 g/mol. The first-order chi connectivity index (χ1) is 9.61. The number of hydrogen-bond acceptors (Lipinski definition) is 2. The second-order valence-corrected chi connectivity index (χ2v) is 7.11. The van der Waals surface area contributed by atoms with E-state index >= 15 is 0 Å². The molecule has 0 amide bonds. The van der Waals surface area contributed by atoms with Gasteiger partial charge in [0.25, 0.3) is 0 Å². The molecule has 0 radical (unpaired) electrons. The highest BCUT2D eigenvalue weighted by Crippen LogP contribution is 2.43. The first kappa shape index (κ1) is 13.6. The summed E-state index contributed by atoms with van der Waals surface area (Å²) < 4.78 is 1.26. The lowest BCUT2D eigenvalue weighted by molar-refractivity contribution is -0.151. The first-order valence-electron chi connectivity index (χ1n) is 7.29. The van der Waals surface area contributed by atoms with Crippen molar-refractivity contribution in [1.82, 2.24) is 0 Å². The largest absolute Gasteiger partial charge is 0.481 e. The standard InChI is InChI=1S/C17H20O2S/c1-12-6-8-17(9-7-12,16(18)19)10-13-11-20-15-5-3-2-4-14(13)15/h2-5,11-12H,6-10H2,1H3,(H,18,19). The van der Waals surface area contributed by atoms with Gasteiger partial charge in [-0.25, -0.2) is 0 Å². The van der Waals surface area contributed by atoms with Crippen LogP contribution >= 0.6 is 11.3 Å². The van der Waals surface area contributed by atoms with Gasteiger partial charge in [-0.15, -0.1) is 11.3 Å². The minimum Gasteiger partial charge on any atom is -0.481 e. The van der Waals surface area contributed by atoms with Crippen LogP contribution < -0.4 is 0 Å². The van der Waals surface area contributed by atoms with Gasteiger partial charge in [-0.05, 0) is 60.4 Å². The van der Waals surface area contributed by atoms with Gasteiger partial charge in [0.1, 0.15) is 0 Å². The fourth-order valence-electron chi connectivity index (χ4n) is 3.32. The SMILES string of the molecule is CC1CCC(Cc2csc3ccccc23)(C(=O)O)CC1.